The molecule has 1 amide bonds. The first-order valence-corrected chi connectivity index (χ1v) is 7.28. The molecule has 1 aliphatic heterocycles. The van der Waals surface area contributed by atoms with Crippen LogP contribution in [-0.2, 0) is 0 Å². The zero-order valence-electron chi connectivity index (χ0n) is 12.6. The van der Waals surface area contributed by atoms with Crippen molar-refractivity contribution in [2.24, 2.45) is 11.3 Å². The van der Waals surface area contributed by atoms with Gasteiger partial charge in [-0.3, -0.25) is 4.79 Å². The fourth-order valence-electron chi connectivity index (χ4n) is 2.98. The number of likely N-dealkylation sites (tertiary alicyclic amines) is 1. The van der Waals surface area contributed by atoms with Gasteiger partial charge < -0.3 is 10.3 Å². The summed E-state index contributed by atoms with van der Waals surface area (Å²) in [5.74, 6) is 6.00. The standard InChI is InChI=1S/C15H24N4O/c1-4-15(5-2)6-7-19(10-15)14(20)12-8-11(3)17-13(9-12)18-16/h8-9H,4-7,10,16H2,1-3H3,(H,17,18). The molecule has 0 radical (unpaired) electrons. The third-order valence-corrected chi connectivity index (χ3v) is 4.57. The number of aryl methyl sites for hydroxylation is 1. The maximum Gasteiger partial charge on any atom is 0.254 e. The summed E-state index contributed by atoms with van der Waals surface area (Å²) in [7, 11) is 0. The number of amides is 1. The molecule has 1 aliphatic rings. The molecule has 0 aromatic carbocycles. The molecule has 5 nitrogen and oxygen atoms in total. The van der Waals surface area contributed by atoms with Gasteiger partial charge in [-0.05, 0) is 43.7 Å². The van der Waals surface area contributed by atoms with E-state index in [9.17, 15) is 4.79 Å². The van der Waals surface area contributed by atoms with Crippen molar-refractivity contribution < 1.29 is 4.79 Å². The number of rotatable bonds is 4. The fraction of sp³-hybridized carbons (Fsp3) is 0.600. The Bertz CT molecular complexity index is 497. The topological polar surface area (TPSA) is 71.2 Å². The first-order valence-electron chi connectivity index (χ1n) is 7.28. The van der Waals surface area contributed by atoms with Crippen LogP contribution in [0.25, 0.3) is 0 Å². The van der Waals surface area contributed by atoms with Crippen molar-refractivity contribution >= 4 is 11.7 Å². The van der Waals surface area contributed by atoms with Gasteiger partial charge in [-0.15, -0.1) is 0 Å². The Kier molecular flexibility index (Phi) is 4.28. The molecule has 1 aromatic rings. The van der Waals surface area contributed by atoms with E-state index in [2.05, 4.69) is 24.3 Å². The number of carbonyl (C=O) groups excluding carboxylic acids is 1. The summed E-state index contributed by atoms with van der Waals surface area (Å²) in [5.41, 5.74) is 4.26. The zero-order chi connectivity index (χ0) is 14.8. The Morgan fingerprint density at radius 1 is 1.45 bits per heavy atom. The average Bonchev–Trinajstić information content (AvgIpc) is 2.91. The number of nitrogen functional groups attached to an aromatic ring is 1. The molecule has 2 heterocycles. The minimum absolute atomic E-state index is 0.0794. The molecule has 1 fully saturated rings. The van der Waals surface area contributed by atoms with E-state index in [1.165, 1.54) is 0 Å². The number of nitrogens with one attached hydrogen (secondary N) is 1. The lowest BCUT2D eigenvalue weighted by Gasteiger charge is -2.26. The maximum absolute atomic E-state index is 12.6. The second kappa shape index (κ2) is 5.79. The highest BCUT2D eigenvalue weighted by Crippen LogP contribution is 2.37. The van der Waals surface area contributed by atoms with E-state index in [-0.39, 0.29) is 5.91 Å². The van der Waals surface area contributed by atoms with Gasteiger partial charge in [0.1, 0.15) is 5.82 Å². The number of hydrogen-bond donors (Lipinski definition) is 2. The van der Waals surface area contributed by atoms with E-state index >= 15 is 0 Å². The number of anilines is 1. The highest BCUT2D eigenvalue weighted by atomic mass is 16.2. The molecule has 1 saturated heterocycles. The van der Waals surface area contributed by atoms with Crippen LogP contribution >= 0.6 is 0 Å². The Morgan fingerprint density at radius 2 is 2.15 bits per heavy atom. The summed E-state index contributed by atoms with van der Waals surface area (Å²) in [6.45, 7) is 7.98. The predicted octanol–water partition coefficient (Wildman–Crippen LogP) is 2.33. The van der Waals surface area contributed by atoms with Crippen molar-refractivity contribution in [2.45, 2.75) is 40.0 Å². The quantitative estimate of drug-likeness (QED) is 0.654. The predicted molar refractivity (Wildman–Crippen MR) is 80.3 cm³/mol. The smallest absolute Gasteiger partial charge is 0.254 e. The van der Waals surface area contributed by atoms with E-state index in [1.807, 2.05) is 17.9 Å². The summed E-state index contributed by atoms with van der Waals surface area (Å²) in [4.78, 5) is 18.8. The third kappa shape index (κ3) is 2.77. The first kappa shape index (κ1) is 14.8. The second-order valence-corrected chi connectivity index (χ2v) is 5.71. The normalized spacial score (nSPS) is 17.3. The Morgan fingerprint density at radius 3 is 2.70 bits per heavy atom. The highest BCUT2D eigenvalue weighted by molar-refractivity contribution is 5.95. The summed E-state index contributed by atoms with van der Waals surface area (Å²) in [6.07, 6.45) is 3.34. The molecular weight excluding hydrogens is 252 g/mol. The lowest BCUT2D eigenvalue weighted by molar-refractivity contribution is 0.0769. The largest absolute Gasteiger partial charge is 0.338 e. The van der Waals surface area contributed by atoms with Gasteiger partial charge in [0.05, 0.1) is 0 Å². The molecule has 0 saturated carbocycles. The first-order chi connectivity index (χ1) is 9.53. The van der Waals surface area contributed by atoms with Crippen molar-refractivity contribution in [2.75, 3.05) is 18.5 Å². The van der Waals surface area contributed by atoms with E-state index in [0.717, 1.165) is 38.0 Å². The van der Waals surface area contributed by atoms with Gasteiger partial charge in [0.25, 0.3) is 5.91 Å². The summed E-state index contributed by atoms with van der Waals surface area (Å²) in [5, 5.41) is 0. The zero-order valence-corrected chi connectivity index (χ0v) is 12.6. The molecular formula is C15H24N4O. The Labute approximate surface area is 120 Å². The molecule has 0 atom stereocenters. The number of aromatic nitrogens is 1. The second-order valence-electron chi connectivity index (χ2n) is 5.71. The van der Waals surface area contributed by atoms with Gasteiger partial charge in [-0.2, -0.15) is 0 Å². The number of carbonyl (C=O) groups is 1. The molecule has 20 heavy (non-hydrogen) atoms. The number of nitrogens with zero attached hydrogens (tertiary/aromatic N) is 2. The Balaban J connectivity index is 2.19. The summed E-state index contributed by atoms with van der Waals surface area (Å²) in [6, 6.07) is 3.54. The third-order valence-electron chi connectivity index (χ3n) is 4.57. The number of hydrogen-bond acceptors (Lipinski definition) is 4. The van der Waals surface area contributed by atoms with Crippen LogP contribution in [0.4, 0.5) is 5.82 Å². The molecule has 1 aromatic heterocycles. The van der Waals surface area contributed by atoms with Crippen molar-refractivity contribution in [3.63, 3.8) is 0 Å². The van der Waals surface area contributed by atoms with E-state index in [1.54, 1.807) is 6.07 Å². The maximum atomic E-state index is 12.6. The van der Waals surface area contributed by atoms with Gasteiger partial charge in [-0.25, -0.2) is 10.8 Å². The SMILES string of the molecule is CCC1(CC)CCN(C(=O)c2cc(C)nc(NN)c2)C1. The molecule has 0 bridgehead atoms. The molecule has 0 spiro atoms. The van der Waals surface area contributed by atoms with Crippen LogP contribution in [0, 0.1) is 12.3 Å². The minimum Gasteiger partial charge on any atom is -0.338 e. The van der Waals surface area contributed by atoms with E-state index in [0.29, 0.717) is 16.8 Å². The lowest BCUT2D eigenvalue weighted by atomic mass is 9.82. The molecule has 0 unspecified atom stereocenters. The van der Waals surface area contributed by atoms with Crippen LogP contribution in [0.2, 0.25) is 0 Å². The number of pyridine rings is 1. The lowest BCUT2D eigenvalue weighted by Crippen LogP contribution is -2.32. The van der Waals surface area contributed by atoms with Gasteiger partial charge in [0, 0.05) is 24.3 Å². The minimum atomic E-state index is 0.0794. The van der Waals surface area contributed by atoms with Crippen LogP contribution in [0.5, 0.6) is 0 Å². The van der Waals surface area contributed by atoms with Crippen LogP contribution in [-0.4, -0.2) is 28.9 Å². The van der Waals surface area contributed by atoms with Gasteiger partial charge in [0.2, 0.25) is 0 Å². The molecule has 0 aliphatic carbocycles. The van der Waals surface area contributed by atoms with Gasteiger partial charge in [0.15, 0.2) is 0 Å². The summed E-state index contributed by atoms with van der Waals surface area (Å²) >= 11 is 0. The van der Waals surface area contributed by atoms with Crippen LogP contribution < -0.4 is 11.3 Å². The number of hydrazine groups is 1. The average molecular weight is 276 g/mol. The van der Waals surface area contributed by atoms with Crippen LogP contribution in [0.15, 0.2) is 12.1 Å². The molecule has 5 heteroatoms. The molecule has 110 valence electrons. The highest BCUT2D eigenvalue weighted by Gasteiger charge is 2.37. The van der Waals surface area contributed by atoms with Gasteiger partial charge in [-0.1, -0.05) is 13.8 Å². The monoisotopic (exact) mass is 276 g/mol. The molecule has 2 rings (SSSR count). The molecule has 3 N–H and O–H groups in total. The number of nitrogens with two attached hydrogens (primary N) is 1. The van der Waals surface area contributed by atoms with Crippen molar-refractivity contribution in [1.29, 1.82) is 0 Å². The van der Waals surface area contributed by atoms with Crippen molar-refractivity contribution in [3.8, 4) is 0 Å². The summed E-state index contributed by atoms with van der Waals surface area (Å²) < 4.78 is 0. The van der Waals surface area contributed by atoms with E-state index < -0.39 is 0 Å². The van der Waals surface area contributed by atoms with Crippen molar-refractivity contribution in [3.05, 3.63) is 23.4 Å². The fourth-order valence-corrected chi connectivity index (χ4v) is 2.98. The van der Waals surface area contributed by atoms with Gasteiger partial charge >= 0.3 is 0 Å². The van der Waals surface area contributed by atoms with Crippen LogP contribution in [0.3, 0.4) is 0 Å². The Hall–Kier alpha value is -1.62. The van der Waals surface area contributed by atoms with Crippen LogP contribution in [0.1, 0.15) is 49.2 Å². The van der Waals surface area contributed by atoms with E-state index in [4.69, 9.17) is 5.84 Å². The van der Waals surface area contributed by atoms with Crippen molar-refractivity contribution in [1.82, 2.24) is 9.88 Å².